The Morgan fingerprint density at radius 3 is 2.52 bits per heavy atom. The van der Waals surface area contributed by atoms with Crippen molar-refractivity contribution < 1.29 is 14.4 Å². The van der Waals surface area contributed by atoms with Gasteiger partial charge in [0.2, 0.25) is 6.10 Å². The zero-order valence-corrected chi connectivity index (χ0v) is 12.7. The minimum Gasteiger partial charge on any atom is -0.382 e. The second kappa shape index (κ2) is 6.44. The molecular weight excluding hydrogens is 292 g/mol. The highest BCUT2D eigenvalue weighted by Gasteiger charge is 2.29. The molecule has 5 nitrogen and oxygen atoms in total. The molecular formula is C18H16N2O3. The maximum absolute atomic E-state index is 12.3. The number of hydrogen-bond acceptors (Lipinski definition) is 4. The Morgan fingerprint density at radius 1 is 1.09 bits per heavy atom. The van der Waals surface area contributed by atoms with Crippen LogP contribution in [0.25, 0.3) is 0 Å². The average molecular weight is 308 g/mol. The van der Waals surface area contributed by atoms with Gasteiger partial charge >= 0.3 is 0 Å². The third-order valence-electron chi connectivity index (χ3n) is 3.63. The third-order valence-corrected chi connectivity index (χ3v) is 3.63. The van der Waals surface area contributed by atoms with Gasteiger partial charge in [-0.3, -0.25) is 9.59 Å². The molecule has 0 aromatic heterocycles. The number of para-hydroxylation sites is 1. The van der Waals surface area contributed by atoms with Crippen molar-refractivity contribution in [1.29, 1.82) is 0 Å². The van der Waals surface area contributed by atoms with Gasteiger partial charge in [0.1, 0.15) is 0 Å². The van der Waals surface area contributed by atoms with Gasteiger partial charge in [0, 0.05) is 12.0 Å². The van der Waals surface area contributed by atoms with E-state index in [1.807, 2.05) is 30.3 Å². The maximum Gasteiger partial charge on any atom is 0.268 e. The predicted molar refractivity (Wildman–Crippen MR) is 87.5 cm³/mol. The molecule has 0 unspecified atom stereocenters. The van der Waals surface area contributed by atoms with Gasteiger partial charge < -0.3 is 10.2 Å². The van der Waals surface area contributed by atoms with Crippen molar-refractivity contribution in [1.82, 2.24) is 0 Å². The van der Waals surface area contributed by atoms with Crippen LogP contribution >= 0.6 is 0 Å². The van der Waals surface area contributed by atoms with E-state index < -0.39 is 6.10 Å². The first-order valence-corrected chi connectivity index (χ1v) is 7.34. The molecule has 0 bridgehead atoms. The Morgan fingerprint density at radius 2 is 1.78 bits per heavy atom. The largest absolute Gasteiger partial charge is 0.382 e. The van der Waals surface area contributed by atoms with Crippen molar-refractivity contribution >= 4 is 23.1 Å². The van der Waals surface area contributed by atoms with Crippen molar-refractivity contribution in [3.05, 3.63) is 65.7 Å². The minimum absolute atomic E-state index is 0.102. The molecule has 1 aliphatic heterocycles. The quantitative estimate of drug-likeness (QED) is 0.883. The van der Waals surface area contributed by atoms with E-state index in [0.717, 1.165) is 11.3 Å². The number of ketones is 1. The Kier molecular flexibility index (Phi) is 4.19. The summed E-state index contributed by atoms with van der Waals surface area (Å²) in [5, 5.41) is 6.74. The van der Waals surface area contributed by atoms with E-state index in [9.17, 15) is 9.59 Å². The molecule has 23 heavy (non-hydrogen) atoms. The molecule has 1 aliphatic rings. The highest BCUT2D eigenvalue weighted by Crippen LogP contribution is 2.20. The fourth-order valence-electron chi connectivity index (χ4n) is 2.43. The minimum atomic E-state index is -0.690. The Hall–Kier alpha value is -2.95. The van der Waals surface area contributed by atoms with Gasteiger partial charge in [-0.1, -0.05) is 47.6 Å². The van der Waals surface area contributed by atoms with E-state index in [2.05, 4.69) is 10.5 Å². The van der Waals surface area contributed by atoms with Crippen LogP contribution in [0.5, 0.6) is 0 Å². The molecule has 0 saturated carbocycles. The smallest absolute Gasteiger partial charge is 0.268 e. The van der Waals surface area contributed by atoms with Crippen LogP contribution in [0.15, 0.2) is 59.8 Å². The number of rotatable bonds is 4. The lowest BCUT2D eigenvalue weighted by atomic mass is 10.0. The Balaban J connectivity index is 1.69. The molecule has 0 radical (unpaired) electrons. The van der Waals surface area contributed by atoms with Gasteiger partial charge in [0.25, 0.3) is 5.91 Å². The molecule has 116 valence electrons. The molecule has 2 aromatic rings. The zero-order valence-electron chi connectivity index (χ0n) is 12.7. The molecule has 1 N–H and O–H groups in total. The van der Waals surface area contributed by atoms with Crippen LogP contribution in [-0.2, 0) is 9.63 Å². The molecule has 0 spiro atoms. The van der Waals surface area contributed by atoms with Gasteiger partial charge in [0.05, 0.1) is 11.4 Å². The van der Waals surface area contributed by atoms with Gasteiger partial charge in [0.15, 0.2) is 5.78 Å². The van der Waals surface area contributed by atoms with E-state index in [-0.39, 0.29) is 11.7 Å². The number of nitrogens with one attached hydrogen (secondary N) is 1. The average Bonchev–Trinajstić information content (AvgIpc) is 3.06. The number of oxime groups is 1. The van der Waals surface area contributed by atoms with Crippen LogP contribution in [-0.4, -0.2) is 23.5 Å². The van der Waals surface area contributed by atoms with E-state index >= 15 is 0 Å². The molecule has 1 heterocycles. The van der Waals surface area contributed by atoms with E-state index in [4.69, 9.17) is 4.84 Å². The summed E-state index contributed by atoms with van der Waals surface area (Å²) in [5.74, 6) is -0.414. The summed E-state index contributed by atoms with van der Waals surface area (Å²) in [6.45, 7) is 1.47. The monoisotopic (exact) mass is 308 g/mol. The van der Waals surface area contributed by atoms with Gasteiger partial charge in [-0.2, -0.15) is 0 Å². The first-order valence-electron chi connectivity index (χ1n) is 7.34. The second-order valence-corrected chi connectivity index (χ2v) is 5.29. The van der Waals surface area contributed by atoms with Crippen LogP contribution in [0.1, 0.15) is 29.3 Å². The zero-order chi connectivity index (χ0) is 16.2. The Labute approximate surface area is 134 Å². The van der Waals surface area contributed by atoms with Crippen molar-refractivity contribution in [3.8, 4) is 0 Å². The second-order valence-electron chi connectivity index (χ2n) is 5.29. The van der Waals surface area contributed by atoms with Crippen LogP contribution in [0, 0.1) is 0 Å². The lowest BCUT2D eigenvalue weighted by Gasteiger charge is -2.11. The molecule has 1 amide bonds. The molecule has 0 fully saturated rings. The van der Waals surface area contributed by atoms with E-state index in [1.165, 1.54) is 6.92 Å². The summed E-state index contributed by atoms with van der Waals surface area (Å²) in [7, 11) is 0. The normalized spacial score (nSPS) is 16.4. The third kappa shape index (κ3) is 3.29. The van der Waals surface area contributed by atoms with Crippen LogP contribution in [0.4, 0.5) is 5.69 Å². The van der Waals surface area contributed by atoms with Crippen molar-refractivity contribution in [2.45, 2.75) is 19.4 Å². The summed E-state index contributed by atoms with van der Waals surface area (Å²) in [6.07, 6.45) is -0.289. The van der Waals surface area contributed by atoms with Crippen molar-refractivity contribution in [3.63, 3.8) is 0 Å². The molecule has 2 aromatic carbocycles. The van der Waals surface area contributed by atoms with Gasteiger partial charge in [-0.15, -0.1) is 0 Å². The number of carbonyl (C=O) groups excluding carboxylic acids is 2. The number of Topliss-reactive ketones (excluding diaryl/α,β-unsaturated/α-hetero) is 1. The SMILES string of the molecule is CC(=O)c1ccccc1NC(=O)[C@@H]1CC(c2ccccc2)=NO1. The van der Waals surface area contributed by atoms with E-state index in [0.29, 0.717) is 17.7 Å². The summed E-state index contributed by atoms with van der Waals surface area (Å²) < 4.78 is 0. The first kappa shape index (κ1) is 15.0. The molecule has 0 aliphatic carbocycles. The highest BCUT2D eigenvalue weighted by atomic mass is 16.6. The number of hydrogen-bond donors (Lipinski definition) is 1. The standard InChI is InChI=1S/C18H16N2O3/c1-12(21)14-9-5-6-10-15(14)19-18(22)17-11-16(20-23-17)13-7-3-2-4-8-13/h2-10,17H,11H2,1H3,(H,19,22)/t17-/m0/s1. The summed E-state index contributed by atoms with van der Waals surface area (Å²) in [4.78, 5) is 29.2. The summed E-state index contributed by atoms with van der Waals surface area (Å²) in [6, 6.07) is 16.5. The topological polar surface area (TPSA) is 67.8 Å². The molecule has 1 atom stereocenters. The first-order chi connectivity index (χ1) is 11.1. The number of anilines is 1. The molecule has 0 saturated heterocycles. The van der Waals surface area contributed by atoms with Gasteiger partial charge in [-0.25, -0.2) is 0 Å². The Bertz CT molecular complexity index is 769. The summed E-state index contributed by atoms with van der Waals surface area (Å²) in [5.41, 5.74) is 2.64. The maximum atomic E-state index is 12.3. The highest BCUT2D eigenvalue weighted by molar-refractivity contribution is 6.08. The fraction of sp³-hybridized carbons (Fsp3) is 0.167. The number of nitrogens with zero attached hydrogens (tertiary/aromatic N) is 1. The lowest BCUT2D eigenvalue weighted by molar-refractivity contribution is -0.125. The number of carbonyl (C=O) groups is 2. The molecule has 5 heteroatoms. The van der Waals surface area contributed by atoms with Crippen LogP contribution in [0.3, 0.4) is 0 Å². The molecule has 3 rings (SSSR count). The number of amides is 1. The number of benzene rings is 2. The van der Waals surface area contributed by atoms with E-state index in [1.54, 1.807) is 24.3 Å². The van der Waals surface area contributed by atoms with Crippen LogP contribution < -0.4 is 5.32 Å². The van der Waals surface area contributed by atoms with Crippen molar-refractivity contribution in [2.24, 2.45) is 5.16 Å². The van der Waals surface area contributed by atoms with Crippen molar-refractivity contribution in [2.75, 3.05) is 5.32 Å². The lowest BCUT2D eigenvalue weighted by Crippen LogP contribution is -2.28. The van der Waals surface area contributed by atoms with Gasteiger partial charge in [-0.05, 0) is 24.6 Å². The summed E-state index contributed by atoms with van der Waals surface area (Å²) >= 11 is 0. The fourth-order valence-corrected chi connectivity index (χ4v) is 2.43. The van der Waals surface area contributed by atoms with Crippen LogP contribution in [0.2, 0.25) is 0 Å². The predicted octanol–water partition coefficient (Wildman–Crippen LogP) is 3.02.